The zero-order chi connectivity index (χ0) is 15.4. The molecule has 6 heteroatoms. The highest BCUT2D eigenvalue weighted by atomic mass is 35.5. The van der Waals surface area contributed by atoms with E-state index in [9.17, 15) is 4.79 Å². The van der Waals surface area contributed by atoms with Crippen LogP contribution in [0.1, 0.15) is 12.0 Å². The maximum Gasteiger partial charge on any atom is 0.223 e. The van der Waals surface area contributed by atoms with Gasteiger partial charge in [0.1, 0.15) is 0 Å². The number of rotatable bonds is 5. The van der Waals surface area contributed by atoms with Crippen molar-refractivity contribution in [2.45, 2.75) is 18.9 Å². The maximum absolute atomic E-state index is 12.1. The van der Waals surface area contributed by atoms with Gasteiger partial charge in [0, 0.05) is 36.9 Å². The predicted molar refractivity (Wildman–Crippen MR) is 85.8 cm³/mol. The van der Waals surface area contributed by atoms with Crippen molar-refractivity contribution < 1.29 is 4.79 Å². The number of aromatic nitrogens is 2. The smallest absolute Gasteiger partial charge is 0.223 e. The summed E-state index contributed by atoms with van der Waals surface area (Å²) < 4.78 is 0. The first-order chi connectivity index (χ1) is 10.7. The van der Waals surface area contributed by atoms with Crippen molar-refractivity contribution in [1.82, 2.24) is 14.9 Å². The molecule has 1 aromatic carbocycles. The summed E-state index contributed by atoms with van der Waals surface area (Å²) in [7, 11) is 0. The number of carbonyl (C=O) groups is 1. The molecule has 0 atom stereocenters. The second-order valence-electron chi connectivity index (χ2n) is 5.34. The molecule has 0 radical (unpaired) electrons. The van der Waals surface area contributed by atoms with Gasteiger partial charge in [0.25, 0.3) is 0 Å². The van der Waals surface area contributed by atoms with Gasteiger partial charge in [-0.1, -0.05) is 23.7 Å². The van der Waals surface area contributed by atoms with Crippen molar-refractivity contribution in [3.05, 3.63) is 53.3 Å². The maximum atomic E-state index is 12.1. The molecule has 0 unspecified atom stereocenters. The fourth-order valence-corrected chi connectivity index (χ4v) is 2.64. The summed E-state index contributed by atoms with van der Waals surface area (Å²) in [4.78, 5) is 22.2. The summed E-state index contributed by atoms with van der Waals surface area (Å²) in [5.41, 5.74) is 1.09. The number of nitrogens with one attached hydrogen (secondary N) is 1. The van der Waals surface area contributed by atoms with E-state index in [2.05, 4.69) is 15.3 Å². The van der Waals surface area contributed by atoms with Crippen LogP contribution in [-0.2, 0) is 11.2 Å². The Balaban J connectivity index is 1.42. The van der Waals surface area contributed by atoms with Crippen molar-refractivity contribution in [2.24, 2.45) is 0 Å². The third-order valence-corrected chi connectivity index (χ3v) is 3.88. The fraction of sp³-hybridized carbons (Fsp3) is 0.312. The summed E-state index contributed by atoms with van der Waals surface area (Å²) in [5, 5.41) is 3.92. The molecule has 5 nitrogen and oxygen atoms in total. The van der Waals surface area contributed by atoms with Crippen LogP contribution in [0.25, 0.3) is 0 Å². The second kappa shape index (κ2) is 6.75. The first kappa shape index (κ1) is 14.8. The summed E-state index contributed by atoms with van der Waals surface area (Å²) in [5.74, 6) is 0.783. The normalized spacial score (nSPS) is 14.5. The number of aryl methyl sites for hydroxylation is 1. The largest absolute Gasteiger partial charge is 0.348 e. The van der Waals surface area contributed by atoms with Gasteiger partial charge in [-0.25, -0.2) is 9.97 Å². The molecular formula is C16H17ClN4O. The van der Waals surface area contributed by atoms with Crippen molar-refractivity contribution in [3.63, 3.8) is 0 Å². The van der Waals surface area contributed by atoms with Crippen molar-refractivity contribution in [3.8, 4) is 0 Å². The van der Waals surface area contributed by atoms with E-state index in [0.29, 0.717) is 30.5 Å². The Morgan fingerprint density at radius 3 is 2.77 bits per heavy atom. The first-order valence-electron chi connectivity index (χ1n) is 7.26. The van der Waals surface area contributed by atoms with Crippen LogP contribution in [0.2, 0.25) is 5.02 Å². The van der Waals surface area contributed by atoms with E-state index < -0.39 is 0 Å². The molecule has 0 aliphatic carbocycles. The van der Waals surface area contributed by atoms with Gasteiger partial charge in [-0.05, 0) is 30.2 Å². The number of amides is 1. The Morgan fingerprint density at radius 1 is 1.27 bits per heavy atom. The molecule has 1 saturated heterocycles. The molecule has 3 rings (SSSR count). The fourth-order valence-electron chi connectivity index (χ4n) is 2.43. The van der Waals surface area contributed by atoms with Crippen LogP contribution in [0, 0.1) is 0 Å². The number of hydrogen-bond acceptors (Lipinski definition) is 4. The van der Waals surface area contributed by atoms with Crippen LogP contribution in [-0.4, -0.2) is 39.9 Å². The van der Waals surface area contributed by atoms with E-state index in [1.807, 2.05) is 29.2 Å². The Kier molecular flexibility index (Phi) is 4.53. The van der Waals surface area contributed by atoms with Gasteiger partial charge < -0.3 is 10.2 Å². The molecule has 1 aliphatic heterocycles. The second-order valence-corrected chi connectivity index (χ2v) is 5.78. The molecule has 2 heterocycles. The molecule has 1 amide bonds. The van der Waals surface area contributed by atoms with Gasteiger partial charge in [-0.15, -0.1) is 0 Å². The molecule has 0 bridgehead atoms. The SMILES string of the molecule is O=C(CCc1cccc(Cl)c1)N1CC(Nc2ncccn2)C1. The van der Waals surface area contributed by atoms with E-state index in [4.69, 9.17) is 11.6 Å². The zero-order valence-electron chi connectivity index (χ0n) is 12.1. The zero-order valence-corrected chi connectivity index (χ0v) is 12.8. The third kappa shape index (κ3) is 3.74. The van der Waals surface area contributed by atoms with Crippen molar-refractivity contribution in [2.75, 3.05) is 18.4 Å². The Morgan fingerprint density at radius 2 is 2.05 bits per heavy atom. The monoisotopic (exact) mass is 316 g/mol. The standard InChI is InChI=1S/C16H17ClN4O/c17-13-4-1-3-12(9-13)5-6-15(22)21-10-14(11-21)20-16-18-7-2-8-19-16/h1-4,7-9,14H,5-6,10-11H2,(H,18,19,20). The summed E-state index contributed by atoms with van der Waals surface area (Å²) >= 11 is 5.94. The lowest BCUT2D eigenvalue weighted by Crippen LogP contribution is -2.57. The number of halogens is 1. The lowest BCUT2D eigenvalue weighted by atomic mass is 10.1. The molecule has 1 aromatic heterocycles. The van der Waals surface area contributed by atoms with Gasteiger partial charge in [0.2, 0.25) is 11.9 Å². The molecule has 22 heavy (non-hydrogen) atoms. The van der Waals surface area contributed by atoms with E-state index in [1.54, 1.807) is 18.5 Å². The predicted octanol–water partition coefficient (Wildman–Crippen LogP) is 2.39. The Labute approximate surface area is 134 Å². The molecule has 0 saturated carbocycles. The molecule has 114 valence electrons. The molecule has 1 N–H and O–H groups in total. The molecule has 2 aromatic rings. The van der Waals surface area contributed by atoms with Gasteiger partial charge in [-0.3, -0.25) is 4.79 Å². The van der Waals surface area contributed by atoms with Gasteiger partial charge in [0.05, 0.1) is 6.04 Å². The quantitative estimate of drug-likeness (QED) is 0.920. The van der Waals surface area contributed by atoms with Gasteiger partial charge >= 0.3 is 0 Å². The average molecular weight is 317 g/mol. The van der Waals surface area contributed by atoms with E-state index >= 15 is 0 Å². The lowest BCUT2D eigenvalue weighted by molar-refractivity contribution is -0.135. The molecule has 0 spiro atoms. The number of benzene rings is 1. The number of hydrogen-bond donors (Lipinski definition) is 1. The van der Waals surface area contributed by atoms with Crippen LogP contribution in [0.5, 0.6) is 0 Å². The minimum Gasteiger partial charge on any atom is -0.348 e. The minimum atomic E-state index is 0.173. The van der Waals surface area contributed by atoms with Crippen molar-refractivity contribution in [1.29, 1.82) is 0 Å². The van der Waals surface area contributed by atoms with E-state index in [0.717, 1.165) is 12.0 Å². The highest BCUT2D eigenvalue weighted by Gasteiger charge is 2.30. The lowest BCUT2D eigenvalue weighted by Gasteiger charge is -2.39. The third-order valence-electron chi connectivity index (χ3n) is 3.65. The summed E-state index contributed by atoms with van der Waals surface area (Å²) in [6, 6.07) is 9.65. The summed E-state index contributed by atoms with van der Waals surface area (Å²) in [6.07, 6.45) is 4.62. The van der Waals surface area contributed by atoms with E-state index in [-0.39, 0.29) is 11.9 Å². The average Bonchev–Trinajstić information content (AvgIpc) is 2.49. The molecular weight excluding hydrogens is 300 g/mol. The van der Waals surface area contributed by atoms with Crippen LogP contribution in [0.3, 0.4) is 0 Å². The van der Waals surface area contributed by atoms with Crippen LogP contribution in [0.4, 0.5) is 5.95 Å². The number of likely N-dealkylation sites (tertiary alicyclic amines) is 1. The molecule has 1 fully saturated rings. The van der Waals surface area contributed by atoms with Crippen molar-refractivity contribution >= 4 is 23.5 Å². The summed E-state index contributed by atoms with van der Waals surface area (Å²) in [6.45, 7) is 1.40. The van der Waals surface area contributed by atoms with Crippen LogP contribution in [0.15, 0.2) is 42.7 Å². The highest BCUT2D eigenvalue weighted by molar-refractivity contribution is 6.30. The Hall–Kier alpha value is -2.14. The van der Waals surface area contributed by atoms with Gasteiger partial charge in [-0.2, -0.15) is 0 Å². The number of nitrogens with zero attached hydrogens (tertiary/aromatic N) is 3. The first-order valence-corrected chi connectivity index (χ1v) is 7.64. The van der Waals surface area contributed by atoms with Crippen LogP contribution >= 0.6 is 11.6 Å². The number of carbonyl (C=O) groups excluding carboxylic acids is 1. The highest BCUT2D eigenvalue weighted by Crippen LogP contribution is 2.16. The topological polar surface area (TPSA) is 58.1 Å². The number of anilines is 1. The van der Waals surface area contributed by atoms with Gasteiger partial charge in [0.15, 0.2) is 0 Å². The molecule has 1 aliphatic rings. The Bertz CT molecular complexity index is 644. The minimum absolute atomic E-state index is 0.173. The van der Waals surface area contributed by atoms with E-state index in [1.165, 1.54) is 0 Å². The van der Waals surface area contributed by atoms with Crippen LogP contribution < -0.4 is 5.32 Å².